The van der Waals surface area contributed by atoms with Gasteiger partial charge in [0.05, 0.1) is 5.56 Å². The van der Waals surface area contributed by atoms with Gasteiger partial charge in [0.15, 0.2) is 0 Å². The Bertz CT molecular complexity index is 334. The van der Waals surface area contributed by atoms with Crippen LogP contribution >= 0.6 is 12.4 Å². The van der Waals surface area contributed by atoms with Gasteiger partial charge in [-0.2, -0.15) is 13.2 Å². The molecule has 0 radical (unpaired) electrons. The SMILES string of the molecule is CNC(=O)c1ccc(C(F)(F)F)cc1.Cl. The van der Waals surface area contributed by atoms with E-state index in [1.807, 2.05) is 0 Å². The Morgan fingerprint density at radius 1 is 1.20 bits per heavy atom. The summed E-state index contributed by atoms with van der Waals surface area (Å²) >= 11 is 0. The number of benzene rings is 1. The number of rotatable bonds is 1. The summed E-state index contributed by atoms with van der Waals surface area (Å²) in [4.78, 5) is 11.0. The summed E-state index contributed by atoms with van der Waals surface area (Å²) in [5, 5.41) is 2.32. The van der Waals surface area contributed by atoms with E-state index in [0.717, 1.165) is 24.3 Å². The van der Waals surface area contributed by atoms with Crippen LogP contribution in [-0.4, -0.2) is 13.0 Å². The average molecular weight is 240 g/mol. The minimum Gasteiger partial charge on any atom is -0.355 e. The van der Waals surface area contributed by atoms with Crippen LogP contribution in [0.3, 0.4) is 0 Å². The second-order valence-corrected chi connectivity index (χ2v) is 2.65. The first kappa shape index (κ1) is 13.8. The first-order chi connectivity index (χ1) is 6.45. The zero-order valence-electron chi connectivity index (χ0n) is 7.76. The van der Waals surface area contributed by atoms with Crippen LogP contribution in [0.25, 0.3) is 0 Å². The summed E-state index contributed by atoms with van der Waals surface area (Å²) in [7, 11) is 1.42. The van der Waals surface area contributed by atoms with Crippen molar-refractivity contribution in [3.63, 3.8) is 0 Å². The minimum atomic E-state index is -4.36. The molecule has 6 heteroatoms. The summed E-state index contributed by atoms with van der Waals surface area (Å²) in [6.45, 7) is 0. The maximum Gasteiger partial charge on any atom is 0.416 e. The smallest absolute Gasteiger partial charge is 0.355 e. The lowest BCUT2D eigenvalue weighted by molar-refractivity contribution is -0.137. The van der Waals surface area contributed by atoms with Gasteiger partial charge in [-0.1, -0.05) is 0 Å². The number of hydrogen-bond acceptors (Lipinski definition) is 1. The van der Waals surface area contributed by atoms with Crippen molar-refractivity contribution in [3.05, 3.63) is 35.4 Å². The summed E-state index contributed by atoms with van der Waals surface area (Å²) in [5.74, 6) is -0.404. The minimum absolute atomic E-state index is 0. The van der Waals surface area contributed by atoms with Crippen molar-refractivity contribution in [1.82, 2.24) is 5.32 Å². The molecule has 1 N–H and O–H groups in total. The lowest BCUT2D eigenvalue weighted by atomic mass is 10.1. The molecule has 0 saturated heterocycles. The number of nitrogens with one attached hydrogen (secondary N) is 1. The number of amides is 1. The van der Waals surface area contributed by atoms with Gasteiger partial charge in [-0.3, -0.25) is 4.79 Å². The Morgan fingerprint density at radius 2 is 1.67 bits per heavy atom. The molecular weight excluding hydrogens is 231 g/mol. The molecule has 0 bridgehead atoms. The topological polar surface area (TPSA) is 29.1 Å². The Kier molecular flexibility index (Phi) is 4.61. The second-order valence-electron chi connectivity index (χ2n) is 2.65. The van der Waals surface area contributed by atoms with Gasteiger partial charge in [0.25, 0.3) is 5.91 Å². The van der Waals surface area contributed by atoms with Gasteiger partial charge in [-0.25, -0.2) is 0 Å². The van der Waals surface area contributed by atoms with E-state index in [-0.39, 0.29) is 18.0 Å². The molecule has 0 aliphatic carbocycles. The Balaban J connectivity index is 0.00000196. The third-order valence-corrected chi connectivity index (χ3v) is 1.70. The zero-order chi connectivity index (χ0) is 10.8. The summed E-state index contributed by atoms with van der Waals surface area (Å²) < 4.78 is 36.3. The van der Waals surface area contributed by atoms with Crippen molar-refractivity contribution in [3.8, 4) is 0 Å². The van der Waals surface area contributed by atoms with E-state index in [9.17, 15) is 18.0 Å². The number of carbonyl (C=O) groups is 1. The predicted molar refractivity (Wildman–Crippen MR) is 52.1 cm³/mol. The van der Waals surface area contributed by atoms with E-state index >= 15 is 0 Å². The second kappa shape index (κ2) is 5.02. The van der Waals surface area contributed by atoms with Crippen LogP contribution in [-0.2, 0) is 6.18 Å². The zero-order valence-corrected chi connectivity index (χ0v) is 8.58. The number of alkyl halides is 3. The molecule has 1 aromatic carbocycles. The van der Waals surface area contributed by atoms with Crippen molar-refractivity contribution in [1.29, 1.82) is 0 Å². The van der Waals surface area contributed by atoms with E-state index in [2.05, 4.69) is 5.32 Å². The van der Waals surface area contributed by atoms with Crippen molar-refractivity contribution >= 4 is 18.3 Å². The highest BCUT2D eigenvalue weighted by Gasteiger charge is 2.30. The third-order valence-electron chi connectivity index (χ3n) is 1.70. The quantitative estimate of drug-likeness (QED) is 0.802. The van der Waals surface area contributed by atoms with Gasteiger partial charge in [-0.05, 0) is 24.3 Å². The molecule has 2 nitrogen and oxygen atoms in total. The van der Waals surface area contributed by atoms with Gasteiger partial charge >= 0.3 is 6.18 Å². The normalized spacial score (nSPS) is 10.4. The molecule has 0 unspecified atom stereocenters. The lowest BCUT2D eigenvalue weighted by Gasteiger charge is -2.06. The first-order valence-electron chi connectivity index (χ1n) is 3.84. The average Bonchev–Trinajstić information content (AvgIpc) is 2.15. The van der Waals surface area contributed by atoms with Crippen LogP contribution < -0.4 is 5.32 Å². The third kappa shape index (κ3) is 3.43. The summed E-state index contributed by atoms with van der Waals surface area (Å²) in [5.41, 5.74) is -0.550. The van der Waals surface area contributed by atoms with E-state index in [4.69, 9.17) is 0 Å². The number of halogens is 4. The van der Waals surface area contributed by atoms with Crippen LogP contribution in [0.2, 0.25) is 0 Å². The van der Waals surface area contributed by atoms with Crippen LogP contribution in [0, 0.1) is 0 Å². The van der Waals surface area contributed by atoms with Crippen LogP contribution in [0.5, 0.6) is 0 Å². The van der Waals surface area contributed by atoms with Crippen molar-refractivity contribution < 1.29 is 18.0 Å². The molecule has 0 spiro atoms. The standard InChI is InChI=1S/C9H8F3NO.ClH/c1-13-8(14)6-2-4-7(5-3-6)9(10,11)12;/h2-5H,1H3,(H,13,14);1H. The Labute approximate surface area is 90.9 Å². The molecule has 0 saturated carbocycles. The summed E-state index contributed by atoms with van der Waals surface area (Å²) in [6, 6.07) is 4.04. The fourth-order valence-corrected chi connectivity index (χ4v) is 0.955. The molecule has 0 atom stereocenters. The summed E-state index contributed by atoms with van der Waals surface area (Å²) in [6.07, 6.45) is -4.36. The van der Waals surface area contributed by atoms with Gasteiger partial charge in [0.2, 0.25) is 0 Å². The highest BCUT2D eigenvalue weighted by Crippen LogP contribution is 2.28. The molecular formula is C9H9ClF3NO. The van der Waals surface area contributed by atoms with Crippen LogP contribution in [0.4, 0.5) is 13.2 Å². The van der Waals surface area contributed by atoms with E-state index in [0.29, 0.717) is 0 Å². The first-order valence-corrected chi connectivity index (χ1v) is 3.84. The monoisotopic (exact) mass is 239 g/mol. The molecule has 0 heterocycles. The van der Waals surface area contributed by atoms with Crippen molar-refractivity contribution in [2.75, 3.05) is 7.05 Å². The fourth-order valence-electron chi connectivity index (χ4n) is 0.955. The molecule has 1 amide bonds. The van der Waals surface area contributed by atoms with Crippen molar-refractivity contribution in [2.45, 2.75) is 6.18 Å². The molecule has 15 heavy (non-hydrogen) atoms. The number of hydrogen-bond donors (Lipinski definition) is 1. The molecule has 0 fully saturated rings. The van der Waals surface area contributed by atoms with Crippen LogP contribution in [0.1, 0.15) is 15.9 Å². The van der Waals surface area contributed by atoms with Gasteiger partial charge in [0, 0.05) is 12.6 Å². The lowest BCUT2D eigenvalue weighted by Crippen LogP contribution is -2.17. The Hall–Kier alpha value is -1.23. The molecule has 0 aromatic heterocycles. The van der Waals surface area contributed by atoms with Crippen molar-refractivity contribution in [2.24, 2.45) is 0 Å². The van der Waals surface area contributed by atoms with Crippen LogP contribution in [0.15, 0.2) is 24.3 Å². The Morgan fingerprint density at radius 3 is 2.00 bits per heavy atom. The highest BCUT2D eigenvalue weighted by molar-refractivity contribution is 5.93. The van der Waals surface area contributed by atoms with Gasteiger partial charge < -0.3 is 5.32 Å². The number of carbonyl (C=O) groups excluding carboxylic acids is 1. The van der Waals surface area contributed by atoms with Gasteiger partial charge in [0.1, 0.15) is 0 Å². The molecule has 0 aliphatic heterocycles. The molecule has 1 aromatic rings. The van der Waals surface area contributed by atoms with E-state index < -0.39 is 17.6 Å². The maximum atomic E-state index is 12.1. The molecule has 1 rings (SSSR count). The molecule has 0 aliphatic rings. The highest BCUT2D eigenvalue weighted by atomic mass is 35.5. The van der Waals surface area contributed by atoms with E-state index in [1.165, 1.54) is 7.05 Å². The fraction of sp³-hybridized carbons (Fsp3) is 0.222. The van der Waals surface area contributed by atoms with Gasteiger partial charge in [-0.15, -0.1) is 12.4 Å². The maximum absolute atomic E-state index is 12.1. The predicted octanol–water partition coefficient (Wildman–Crippen LogP) is 2.49. The largest absolute Gasteiger partial charge is 0.416 e. The van der Waals surface area contributed by atoms with E-state index in [1.54, 1.807) is 0 Å². The molecule has 84 valence electrons.